The number of para-hydroxylation sites is 2. The van der Waals surface area contributed by atoms with Crippen LogP contribution in [0.4, 0.5) is 40.3 Å². The van der Waals surface area contributed by atoms with Gasteiger partial charge < -0.3 is 29.9 Å². The van der Waals surface area contributed by atoms with Crippen LogP contribution in [-0.2, 0) is 42.4 Å². The van der Waals surface area contributed by atoms with Crippen LogP contribution in [0, 0.1) is 30.2 Å². The number of hydrogen-bond acceptors (Lipinski definition) is 18. The molecule has 594 valence electrons. The fraction of sp³-hybridized carbons (Fsp3) is 0.117. The molecule has 115 heavy (non-hydrogen) atoms. The molecule has 0 bridgehead atoms. The maximum Gasteiger partial charge on any atom is 0.496 e. The number of nitrogens with zero attached hydrogens (tertiary/aromatic N) is 9. The lowest BCUT2D eigenvalue weighted by Crippen LogP contribution is -2.41. The van der Waals surface area contributed by atoms with E-state index in [1.807, 2.05) is 106 Å². The predicted molar refractivity (Wildman–Crippen MR) is 462 cm³/mol. The van der Waals surface area contributed by atoms with Gasteiger partial charge in [0, 0.05) is 71.9 Å². The Kier molecular flexibility index (Phi) is 32.0. The molecular formula is C77H62BBr5Cl4F4N14O8S2. The van der Waals surface area contributed by atoms with Crippen LogP contribution in [0.5, 0.6) is 0 Å². The second-order valence-corrected chi connectivity index (χ2v) is 34.6. The summed E-state index contributed by atoms with van der Waals surface area (Å²) in [6.07, 6.45) is 10.5. The summed E-state index contributed by atoms with van der Waals surface area (Å²) in [5.74, 6) is -1.61. The van der Waals surface area contributed by atoms with E-state index in [-0.39, 0.29) is 54.2 Å². The number of H-pyrrole nitrogens is 2. The number of aryl methyl sites for hydroxylation is 1. The first-order chi connectivity index (χ1) is 54.4. The van der Waals surface area contributed by atoms with Gasteiger partial charge in [0.1, 0.15) is 23.3 Å². The number of pyridine rings is 4. The summed E-state index contributed by atoms with van der Waals surface area (Å²) in [6, 6.07) is 46.9. The number of halogens is 13. The first-order valence-corrected chi connectivity index (χ1v) is 41.8. The van der Waals surface area contributed by atoms with Gasteiger partial charge in [-0.3, -0.25) is 24.0 Å². The molecule has 7 aromatic carbocycles. The van der Waals surface area contributed by atoms with E-state index in [4.69, 9.17) is 61.4 Å². The zero-order valence-electron chi connectivity index (χ0n) is 60.5. The van der Waals surface area contributed by atoms with E-state index in [1.165, 1.54) is 61.2 Å². The van der Waals surface area contributed by atoms with E-state index >= 15 is 0 Å². The van der Waals surface area contributed by atoms with Crippen LogP contribution in [0.15, 0.2) is 267 Å². The molecule has 38 heteroatoms. The van der Waals surface area contributed by atoms with Crippen molar-refractivity contribution in [3.05, 3.63) is 329 Å². The van der Waals surface area contributed by atoms with Gasteiger partial charge in [0.05, 0.1) is 94.9 Å². The van der Waals surface area contributed by atoms with Crippen LogP contribution < -0.4 is 36.7 Å². The summed E-state index contributed by atoms with van der Waals surface area (Å²) < 4.78 is 122. The number of aromatic nitrogens is 10. The van der Waals surface area contributed by atoms with Gasteiger partial charge in [-0.1, -0.05) is 115 Å². The fourth-order valence-electron chi connectivity index (χ4n) is 9.77. The summed E-state index contributed by atoms with van der Waals surface area (Å²) >= 11 is 40.1. The van der Waals surface area contributed by atoms with Gasteiger partial charge in [0.25, 0.3) is 31.2 Å². The monoisotopic (exact) mass is 2000 g/mol. The number of nitrogens with one attached hydrogen (secondary N) is 4. The fourth-order valence-corrected chi connectivity index (χ4v) is 14.3. The average molecular weight is 2000 g/mol. The van der Waals surface area contributed by atoms with Crippen molar-refractivity contribution in [3.63, 3.8) is 0 Å². The van der Waals surface area contributed by atoms with Crippen molar-refractivity contribution in [1.29, 1.82) is 0 Å². The minimum absolute atomic E-state index is 0.0221. The van der Waals surface area contributed by atoms with E-state index in [9.17, 15) is 44.0 Å². The molecule has 1 saturated heterocycles. The Bertz CT molecular complexity index is 6030. The van der Waals surface area contributed by atoms with Gasteiger partial charge in [-0.05, 0) is 239 Å². The topological polar surface area (TPSA) is 309 Å². The molecule has 15 rings (SSSR count). The van der Waals surface area contributed by atoms with Crippen molar-refractivity contribution in [3.8, 4) is 0 Å². The second kappa shape index (κ2) is 40.8. The number of benzene rings is 7. The lowest BCUT2D eigenvalue weighted by Gasteiger charge is -2.32. The number of sulfonamides is 2. The van der Waals surface area contributed by atoms with Crippen LogP contribution in [-0.4, -0.2) is 85.0 Å². The minimum Gasteiger partial charge on any atom is -0.399 e. The molecule has 0 radical (unpaired) electrons. The largest absolute Gasteiger partial charge is 0.496 e. The number of nitrogens with two attached hydrogens (primary N) is 1. The standard InChI is InChI=1S/C19H14BrClF2N2.C17H19BClFN2O4S.C11H7BrClFN2O2S.C9H7BrN2.C8H5BrN2O.C8H6N2O.C5H4BrClN2/c20-15-9-18(19(21)24-10-15)25(11-13-1-5-16(22)6-2-13)12-14-3-7-17(23)8-4-14;1-16(2)17(3,4)26-18(25-16)11-9-14(15(19)21-10-11)22-27(23,24)13-7-5-12(20)6-8-13;12-7-5-10(11(13)15-6-7)16-19(17,18)9-3-1-8(14)2-4-9;1-6-5-11-8-3-2-7(10)4-9(8)12-6;9-5-1-2-6-7(3-5)11-8(12)4-10-6;11-8-5-9-6-3-1-2-4-7(6)10-8;6-3-1-4(8)5(7)9-2-3/h1-10H,11-12H2;5-10,22H,1-4H3;1-6,16H;2-5H,1H3;1-4H,(H,11,12);1-5H,(H,10,11);1-2H,8H2. The van der Waals surface area contributed by atoms with Gasteiger partial charge >= 0.3 is 7.12 Å². The number of rotatable bonds is 12. The van der Waals surface area contributed by atoms with E-state index < -0.39 is 50.0 Å². The van der Waals surface area contributed by atoms with Crippen molar-refractivity contribution in [2.45, 2.75) is 68.7 Å². The van der Waals surface area contributed by atoms with Crippen LogP contribution >= 0.6 is 126 Å². The van der Waals surface area contributed by atoms with Crippen molar-refractivity contribution in [2.24, 2.45) is 0 Å². The van der Waals surface area contributed by atoms with Gasteiger partial charge in [0.2, 0.25) is 0 Å². The van der Waals surface area contributed by atoms with Gasteiger partial charge in [-0.25, -0.2) is 69.3 Å². The third-order valence-corrected chi connectivity index (χ3v) is 22.4. The van der Waals surface area contributed by atoms with Gasteiger partial charge in [-0.2, -0.15) is 0 Å². The molecule has 1 aliphatic rings. The van der Waals surface area contributed by atoms with Crippen LogP contribution in [0.25, 0.3) is 33.1 Å². The zero-order valence-corrected chi connectivity index (χ0v) is 73.0. The zero-order chi connectivity index (χ0) is 83.5. The first-order valence-electron chi connectivity index (χ1n) is 33.4. The highest BCUT2D eigenvalue weighted by Crippen LogP contribution is 2.38. The van der Waals surface area contributed by atoms with Crippen LogP contribution in [0.2, 0.25) is 20.6 Å². The molecule has 22 nitrogen and oxygen atoms in total. The Morgan fingerprint density at radius 1 is 0.452 bits per heavy atom. The first kappa shape index (κ1) is 90.0. The quantitative estimate of drug-likeness (QED) is 0.0431. The molecule has 1 fully saturated rings. The van der Waals surface area contributed by atoms with Crippen molar-refractivity contribution >= 4 is 215 Å². The Morgan fingerprint density at radius 3 is 1.38 bits per heavy atom. The number of hydrogen-bond donors (Lipinski definition) is 5. The molecule has 0 atom stereocenters. The Hall–Kier alpha value is -8.88. The second-order valence-electron chi connectivity index (χ2n) is 25.2. The molecular weight excluding hydrogens is 1940 g/mol. The smallest absolute Gasteiger partial charge is 0.399 e. The molecule has 1 aliphatic heterocycles. The molecule has 6 N–H and O–H groups in total. The molecule has 0 saturated carbocycles. The molecule has 7 aromatic heterocycles. The molecule has 8 heterocycles. The summed E-state index contributed by atoms with van der Waals surface area (Å²) in [6.45, 7) is 10.6. The van der Waals surface area contributed by atoms with Crippen LogP contribution in [0.3, 0.4) is 0 Å². The molecule has 0 spiro atoms. The summed E-state index contributed by atoms with van der Waals surface area (Å²) in [4.78, 5) is 61.1. The highest BCUT2D eigenvalue weighted by molar-refractivity contribution is 9.11. The third kappa shape index (κ3) is 26.8. The van der Waals surface area contributed by atoms with Gasteiger partial charge in [0.15, 0.2) is 20.6 Å². The number of nitrogen functional groups attached to an aromatic ring is 1. The minimum atomic E-state index is -3.96. The Labute approximate surface area is 719 Å². The van der Waals surface area contributed by atoms with E-state index in [1.54, 1.807) is 48.9 Å². The molecule has 14 aromatic rings. The number of anilines is 4. The van der Waals surface area contributed by atoms with Crippen LogP contribution in [0.1, 0.15) is 44.5 Å². The maximum atomic E-state index is 13.2. The van der Waals surface area contributed by atoms with E-state index in [0.717, 1.165) is 122 Å². The average Bonchev–Trinajstić information content (AvgIpc) is 1.62. The predicted octanol–water partition coefficient (Wildman–Crippen LogP) is 19.8. The highest BCUT2D eigenvalue weighted by Gasteiger charge is 2.52. The third-order valence-electron chi connectivity index (χ3n) is 16.1. The lowest BCUT2D eigenvalue weighted by molar-refractivity contribution is 0.00578. The lowest BCUT2D eigenvalue weighted by atomic mass is 9.80. The van der Waals surface area contributed by atoms with Crippen molar-refractivity contribution in [2.75, 3.05) is 20.1 Å². The summed E-state index contributed by atoms with van der Waals surface area (Å²) in [5, 5.41) is 0.709. The van der Waals surface area contributed by atoms with E-state index in [2.05, 4.69) is 139 Å². The normalized spacial score (nSPS) is 12.5. The van der Waals surface area contributed by atoms with E-state index in [0.29, 0.717) is 39.0 Å². The van der Waals surface area contributed by atoms with Crippen molar-refractivity contribution in [1.82, 2.24) is 49.8 Å². The van der Waals surface area contributed by atoms with Gasteiger partial charge in [-0.15, -0.1) is 0 Å². The maximum absolute atomic E-state index is 13.2. The Balaban J connectivity index is 0.000000159. The highest BCUT2D eigenvalue weighted by atomic mass is 79.9. The van der Waals surface area contributed by atoms with Crippen molar-refractivity contribution < 1.29 is 43.7 Å². The molecule has 0 aliphatic carbocycles. The molecule has 0 unspecified atom stereocenters. The number of aromatic amines is 2. The Morgan fingerprint density at radius 2 is 0.870 bits per heavy atom. The summed E-state index contributed by atoms with van der Waals surface area (Å²) in [5.41, 5.74) is 13.7. The SMILES string of the molecule is CC1(C)OB(c2cnc(Cl)c(NS(=O)(=O)c3ccc(F)cc3)c2)OC1(C)C.Cc1cnc2ccc(Br)cc2n1.Fc1ccc(CN(Cc2ccc(F)cc2)c2cc(Br)cnc2Cl)cc1.Nc1cc(Br)cnc1Cl.O=S(=O)(Nc1cc(Br)cnc1Cl)c1ccc(F)cc1.O=c1cnc2ccc(Br)cc2[nH]1.O=c1cnc2ccccc2[nH]1. The number of fused-ring (bicyclic) bond motifs is 3. The summed E-state index contributed by atoms with van der Waals surface area (Å²) in [7, 11) is -8.51. The molecule has 0 amide bonds.